The number of nitrogens with one attached hydrogen (secondary N) is 1. The van der Waals surface area contributed by atoms with Gasteiger partial charge in [-0.1, -0.05) is 17.8 Å². The lowest BCUT2D eigenvalue weighted by atomic mass is 9.71. The molecule has 2 atom stereocenters. The lowest BCUT2D eigenvalue weighted by molar-refractivity contribution is 0.101. The van der Waals surface area contributed by atoms with Crippen molar-refractivity contribution in [1.82, 2.24) is 4.98 Å². The van der Waals surface area contributed by atoms with Crippen molar-refractivity contribution in [3.63, 3.8) is 0 Å². The molecule has 5 nitrogen and oxygen atoms in total. The number of thioether (sulfide) groups is 1. The number of amides is 1. The Balaban J connectivity index is 1.67. The van der Waals surface area contributed by atoms with Crippen molar-refractivity contribution in [3.8, 4) is 0 Å². The molecule has 1 aromatic heterocycles. The summed E-state index contributed by atoms with van der Waals surface area (Å²) in [6.07, 6.45) is 2.78. The Bertz CT molecular complexity index is 965. The first-order chi connectivity index (χ1) is 12.9. The molecule has 0 saturated heterocycles. The van der Waals surface area contributed by atoms with Crippen molar-refractivity contribution in [2.45, 2.75) is 25.3 Å². The van der Waals surface area contributed by atoms with Crippen molar-refractivity contribution in [1.29, 1.82) is 0 Å². The molecule has 2 heterocycles. The summed E-state index contributed by atoms with van der Waals surface area (Å²) < 4.78 is 26.8. The molecular formula is C19H18F2N4OS. The molecule has 1 amide bonds. The first-order valence-electron chi connectivity index (χ1n) is 8.61. The summed E-state index contributed by atoms with van der Waals surface area (Å²) in [5, 5.41) is 3.21. The monoisotopic (exact) mass is 388 g/mol. The number of aliphatic imine (C=N–C) groups is 1. The van der Waals surface area contributed by atoms with E-state index in [1.54, 1.807) is 17.8 Å². The number of carbonyl (C=O) groups is 1. The van der Waals surface area contributed by atoms with Crippen LogP contribution in [0.2, 0.25) is 0 Å². The number of benzene rings is 1. The molecule has 0 fully saturated rings. The van der Waals surface area contributed by atoms with E-state index in [9.17, 15) is 13.6 Å². The highest BCUT2D eigenvalue weighted by molar-refractivity contribution is 8.13. The molecule has 3 N–H and O–H groups in total. The number of aryl methyl sites for hydroxylation is 1. The first kappa shape index (κ1) is 17.9. The van der Waals surface area contributed by atoms with Crippen LogP contribution in [0, 0.1) is 17.6 Å². The SMILES string of the molecule is C[C@]12N=C(N)SC[C@H]1CCc1ccc(NC(=O)c3ncc(F)cc3F)cc12. The van der Waals surface area contributed by atoms with Crippen molar-refractivity contribution < 1.29 is 13.6 Å². The first-order valence-corrected chi connectivity index (χ1v) is 9.59. The van der Waals surface area contributed by atoms with Gasteiger partial charge in [0.05, 0.1) is 11.7 Å². The number of aromatic nitrogens is 1. The van der Waals surface area contributed by atoms with Gasteiger partial charge in [-0.2, -0.15) is 0 Å². The van der Waals surface area contributed by atoms with Crippen LogP contribution in [-0.4, -0.2) is 21.8 Å². The third-order valence-corrected chi connectivity index (χ3v) is 6.22. The fourth-order valence-corrected chi connectivity index (χ4v) is 4.91. The topological polar surface area (TPSA) is 80.4 Å². The van der Waals surface area contributed by atoms with Gasteiger partial charge in [-0.15, -0.1) is 0 Å². The number of hydrogen-bond donors (Lipinski definition) is 2. The minimum Gasteiger partial charge on any atom is -0.379 e. The van der Waals surface area contributed by atoms with Gasteiger partial charge in [-0.05, 0) is 48.9 Å². The van der Waals surface area contributed by atoms with E-state index >= 15 is 0 Å². The smallest absolute Gasteiger partial charge is 0.277 e. The van der Waals surface area contributed by atoms with Gasteiger partial charge in [-0.25, -0.2) is 13.8 Å². The molecule has 2 aliphatic rings. The minimum atomic E-state index is -1.00. The van der Waals surface area contributed by atoms with Gasteiger partial charge < -0.3 is 11.1 Å². The van der Waals surface area contributed by atoms with E-state index in [1.807, 2.05) is 12.1 Å². The second-order valence-electron chi connectivity index (χ2n) is 6.95. The molecule has 0 unspecified atom stereocenters. The normalized spacial score (nSPS) is 23.8. The summed E-state index contributed by atoms with van der Waals surface area (Å²) in [4.78, 5) is 20.6. The number of fused-ring (bicyclic) bond motifs is 3. The summed E-state index contributed by atoms with van der Waals surface area (Å²) in [7, 11) is 0. The second kappa shape index (κ2) is 6.60. The van der Waals surface area contributed by atoms with Gasteiger partial charge in [0.15, 0.2) is 16.7 Å². The van der Waals surface area contributed by atoms with Crippen molar-refractivity contribution in [2.24, 2.45) is 16.6 Å². The lowest BCUT2D eigenvalue weighted by Gasteiger charge is -2.42. The highest BCUT2D eigenvalue weighted by Crippen LogP contribution is 2.47. The average molecular weight is 388 g/mol. The van der Waals surface area contributed by atoms with E-state index in [-0.39, 0.29) is 0 Å². The highest BCUT2D eigenvalue weighted by atomic mass is 32.2. The summed E-state index contributed by atoms with van der Waals surface area (Å²) >= 11 is 1.57. The Morgan fingerprint density at radius 3 is 2.96 bits per heavy atom. The van der Waals surface area contributed by atoms with E-state index in [0.717, 1.165) is 30.4 Å². The molecule has 0 radical (unpaired) electrons. The van der Waals surface area contributed by atoms with Gasteiger partial charge in [0.1, 0.15) is 5.82 Å². The molecule has 2 aromatic rings. The fraction of sp³-hybridized carbons (Fsp3) is 0.316. The molecule has 0 spiro atoms. The van der Waals surface area contributed by atoms with E-state index in [1.165, 1.54) is 5.56 Å². The second-order valence-corrected chi connectivity index (χ2v) is 7.99. The molecule has 1 aliphatic heterocycles. The Labute approximate surface area is 159 Å². The van der Waals surface area contributed by atoms with E-state index in [4.69, 9.17) is 10.7 Å². The number of amidine groups is 1. The molecular weight excluding hydrogens is 370 g/mol. The quantitative estimate of drug-likeness (QED) is 0.826. The number of pyridine rings is 1. The van der Waals surface area contributed by atoms with Crippen LogP contribution in [0.25, 0.3) is 0 Å². The number of nitrogens with zero attached hydrogens (tertiary/aromatic N) is 2. The maximum atomic E-state index is 13.8. The summed E-state index contributed by atoms with van der Waals surface area (Å²) in [6.45, 7) is 2.06. The molecule has 8 heteroatoms. The van der Waals surface area contributed by atoms with E-state index in [0.29, 0.717) is 22.8 Å². The zero-order valence-corrected chi connectivity index (χ0v) is 15.4. The molecule has 4 rings (SSSR count). The van der Waals surface area contributed by atoms with Crippen molar-refractivity contribution in [2.75, 3.05) is 11.1 Å². The van der Waals surface area contributed by atoms with Crippen LogP contribution in [0.15, 0.2) is 35.5 Å². The Morgan fingerprint density at radius 1 is 1.37 bits per heavy atom. The molecule has 0 saturated carbocycles. The Hall–Kier alpha value is -2.48. The van der Waals surface area contributed by atoms with E-state index in [2.05, 4.69) is 17.2 Å². The van der Waals surface area contributed by atoms with E-state index < -0.39 is 28.8 Å². The number of rotatable bonds is 2. The molecule has 140 valence electrons. The average Bonchev–Trinajstić information content (AvgIpc) is 2.61. The third-order valence-electron chi connectivity index (χ3n) is 5.27. The zero-order valence-electron chi connectivity index (χ0n) is 14.6. The number of carbonyl (C=O) groups excluding carboxylic acids is 1. The highest BCUT2D eigenvalue weighted by Gasteiger charge is 2.43. The lowest BCUT2D eigenvalue weighted by Crippen LogP contribution is -2.41. The van der Waals surface area contributed by atoms with Crippen LogP contribution in [-0.2, 0) is 12.0 Å². The Kier molecular flexibility index (Phi) is 4.38. The largest absolute Gasteiger partial charge is 0.379 e. The number of anilines is 1. The van der Waals surface area contributed by atoms with Crippen LogP contribution in [0.5, 0.6) is 0 Å². The van der Waals surface area contributed by atoms with Gasteiger partial charge in [0.2, 0.25) is 0 Å². The fourth-order valence-electron chi connectivity index (χ4n) is 3.79. The van der Waals surface area contributed by atoms with Crippen LogP contribution in [0.3, 0.4) is 0 Å². The predicted molar refractivity (Wildman–Crippen MR) is 102 cm³/mol. The zero-order chi connectivity index (χ0) is 19.2. The number of halogens is 2. The number of hydrogen-bond acceptors (Lipinski definition) is 5. The molecule has 1 aliphatic carbocycles. The maximum absolute atomic E-state index is 13.8. The molecule has 1 aromatic carbocycles. The van der Waals surface area contributed by atoms with Crippen LogP contribution in [0.4, 0.5) is 14.5 Å². The maximum Gasteiger partial charge on any atom is 0.277 e. The summed E-state index contributed by atoms with van der Waals surface area (Å²) in [6, 6.07) is 6.23. The third kappa shape index (κ3) is 3.18. The van der Waals surface area contributed by atoms with Crippen LogP contribution >= 0.6 is 11.8 Å². The van der Waals surface area contributed by atoms with Gasteiger partial charge in [-0.3, -0.25) is 9.79 Å². The van der Waals surface area contributed by atoms with Crippen molar-refractivity contribution in [3.05, 3.63) is 58.9 Å². The summed E-state index contributed by atoms with van der Waals surface area (Å²) in [5.41, 5.74) is 7.78. The molecule has 27 heavy (non-hydrogen) atoms. The van der Waals surface area contributed by atoms with Crippen LogP contribution in [0.1, 0.15) is 35.0 Å². The van der Waals surface area contributed by atoms with Crippen molar-refractivity contribution >= 4 is 28.5 Å². The standard InChI is InChI=1S/C19H18F2N4OS/c1-19-11(9-27-18(22)25-19)4-2-10-3-5-13(7-14(10)19)24-17(26)16-15(21)6-12(20)8-23-16/h3,5-8,11H,2,4,9H2,1H3,(H2,22,25)(H,24,26)/t11-,19+/m1/s1. The van der Waals surface area contributed by atoms with Gasteiger partial charge in [0.25, 0.3) is 5.91 Å². The Morgan fingerprint density at radius 2 is 2.19 bits per heavy atom. The van der Waals surface area contributed by atoms with Gasteiger partial charge >= 0.3 is 0 Å². The molecule has 0 bridgehead atoms. The summed E-state index contributed by atoms with van der Waals surface area (Å²) in [5.74, 6) is -1.29. The predicted octanol–water partition coefficient (Wildman–Crippen LogP) is 3.45. The van der Waals surface area contributed by atoms with Crippen LogP contribution < -0.4 is 11.1 Å². The van der Waals surface area contributed by atoms with Gasteiger partial charge in [0, 0.05) is 17.5 Å². The number of nitrogens with two attached hydrogens (primary N) is 1. The minimum absolute atomic E-state index is 0.365.